The van der Waals surface area contributed by atoms with Crippen LogP contribution in [0.3, 0.4) is 0 Å². The summed E-state index contributed by atoms with van der Waals surface area (Å²) in [6.07, 6.45) is 4.22. The molecule has 0 aliphatic heterocycles. The second-order valence-electron chi connectivity index (χ2n) is 5.17. The van der Waals surface area contributed by atoms with Crippen molar-refractivity contribution in [3.05, 3.63) is 28.3 Å². The fourth-order valence-electron chi connectivity index (χ4n) is 2.35. The van der Waals surface area contributed by atoms with Crippen LogP contribution in [0.15, 0.2) is 23.3 Å². The lowest BCUT2D eigenvalue weighted by molar-refractivity contribution is -0.668. The number of hydrogen-bond acceptors (Lipinski definition) is 6. The van der Waals surface area contributed by atoms with E-state index >= 15 is 0 Å². The normalized spacial score (nSPS) is 12.6. The monoisotopic (exact) mass is 404 g/mol. The molecule has 0 unspecified atom stereocenters. The molecule has 0 aliphatic rings. The highest BCUT2D eigenvalue weighted by molar-refractivity contribution is 8.02. The van der Waals surface area contributed by atoms with Crippen molar-refractivity contribution in [1.82, 2.24) is 0 Å². The average molecular weight is 405 g/mol. The molecule has 25 heavy (non-hydrogen) atoms. The van der Waals surface area contributed by atoms with E-state index in [4.69, 9.17) is 14.0 Å². The summed E-state index contributed by atoms with van der Waals surface area (Å²) in [4.78, 5) is 0. The van der Waals surface area contributed by atoms with Crippen LogP contribution in [-0.2, 0) is 21.4 Å². The number of thiazole rings is 1. The number of aromatic nitrogens is 1. The number of fused-ring (bicyclic) bond motifs is 1. The first kappa shape index (κ1) is 20.0. The van der Waals surface area contributed by atoms with Gasteiger partial charge >= 0.3 is 0 Å². The van der Waals surface area contributed by atoms with Gasteiger partial charge in [0.1, 0.15) is 10.4 Å². The third-order valence-corrected chi connectivity index (χ3v) is 6.01. The largest absolute Gasteiger partial charge is 0.497 e. The molecule has 0 fully saturated rings. The Morgan fingerprint density at radius 2 is 2.20 bits per heavy atom. The molecule has 1 aromatic heterocycles. The van der Waals surface area contributed by atoms with E-state index in [9.17, 15) is 8.42 Å². The number of methoxy groups -OCH3 is 1. The average Bonchev–Trinajstić information content (AvgIpc) is 2.90. The van der Waals surface area contributed by atoms with Gasteiger partial charge in [0.2, 0.25) is 5.52 Å². The first-order valence-electron chi connectivity index (χ1n) is 7.72. The Morgan fingerprint density at radius 3 is 2.80 bits per heavy atom. The maximum absolute atomic E-state index is 11.0. The van der Waals surface area contributed by atoms with Gasteiger partial charge in [-0.05, 0) is 25.3 Å². The van der Waals surface area contributed by atoms with Crippen molar-refractivity contribution in [1.29, 1.82) is 0 Å². The Morgan fingerprint density at radius 1 is 1.44 bits per heavy atom. The molecule has 0 radical (unpaired) electrons. The smallest absolute Gasteiger partial charge is 0.267 e. The second kappa shape index (κ2) is 8.88. The summed E-state index contributed by atoms with van der Waals surface area (Å²) < 4.78 is 45.0. The number of rotatable bonds is 9. The number of aryl methyl sites for hydroxylation is 1. The maximum Gasteiger partial charge on any atom is 0.267 e. The van der Waals surface area contributed by atoms with Crippen molar-refractivity contribution in [3.8, 4) is 5.75 Å². The van der Waals surface area contributed by atoms with Crippen molar-refractivity contribution < 1.29 is 27.0 Å². The molecule has 0 saturated carbocycles. The molecule has 0 bridgehead atoms. The van der Waals surface area contributed by atoms with E-state index in [-0.39, 0.29) is 5.75 Å². The zero-order valence-electron chi connectivity index (χ0n) is 14.4. The SMILES string of the molecule is CCO/C(=C/c1sc2ccc(OC)cc2[n+]1CCCS(=O)(=O)O)SC. The van der Waals surface area contributed by atoms with Crippen molar-refractivity contribution in [2.24, 2.45) is 0 Å². The van der Waals surface area contributed by atoms with E-state index in [1.54, 1.807) is 18.4 Å². The van der Waals surface area contributed by atoms with E-state index in [1.807, 2.05) is 42.0 Å². The summed E-state index contributed by atoms with van der Waals surface area (Å²) in [5.74, 6) is 0.463. The summed E-state index contributed by atoms with van der Waals surface area (Å²) in [6.45, 7) is 2.97. The van der Waals surface area contributed by atoms with Crippen LogP contribution in [0.25, 0.3) is 16.3 Å². The molecule has 0 atom stereocenters. The number of hydrogen-bond donors (Lipinski definition) is 1. The topological polar surface area (TPSA) is 76.7 Å². The highest BCUT2D eigenvalue weighted by Crippen LogP contribution is 2.27. The predicted octanol–water partition coefficient (Wildman–Crippen LogP) is 3.17. The second-order valence-corrected chi connectivity index (χ2v) is 8.61. The molecule has 1 N–H and O–H groups in total. The van der Waals surface area contributed by atoms with Gasteiger partial charge in [0, 0.05) is 6.42 Å². The lowest BCUT2D eigenvalue weighted by atomic mass is 10.3. The number of nitrogens with zero attached hydrogens (tertiary/aromatic N) is 1. The number of benzene rings is 1. The molecule has 1 heterocycles. The highest BCUT2D eigenvalue weighted by Gasteiger charge is 2.21. The fourth-order valence-corrected chi connectivity index (χ4v) is 4.49. The Labute approximate surface area is 156 Å². The molecule has 2 aromatic rings. The molecule has 138 valence electrons. The van der Waals surface area contributed by atoms with E-state index in [0.717, 1.165) is 26.1 Å². The summed E-state index contributed by atoms with van der Waals surface area (Å²) in [7, 11) is -2.36. The summed E-state index contributed by atoms with van der Waals surface area (Å²) >= 11 is 3.11. The number of thioether (sulfide) groups is 1. The van der Waals surface area contributed by atoms with Gasteiger partial charge in [-0.2, -0.15) is 13.0 Å². The molecule has 9 heteroatoms. The van der Waals surface area contributed by atoms with Gasteiger partial charge in [0.15, 0.2) is 11.6 Å². The Balaban J connectivity index is 2.45. The van der Waals surface area contributed by atoms with Crippen LogP contribution in [0.4, 0.5) is 0 Å². The quantitative estimate of drug-likeness (QED) is 0.393. The van der Waals surface area contributed by atoms with Crippen LogP contribution in [0.2, 0.25) is 0 Å². The van der Waals surface area contributed by atoms with Gasteiger partial charge in [0.25, 0.3) is 15.1 Å². The Bertz CT molecular complexity index is 858. The molecule has 2 rings (SSSR count). The van der Waals surface area contributed by atoms with E-state index in [2.05, 4.69) is 0 Å². The van der Waals surface area contributed by atoms with Crippen LogP contribution >= 0.6 is 23.1 Å². The molecule has 6 nitrogen and oxygen atoms in total. The van der Waals surface area contributed by atoms with Crippen LogP contribution in [0, 0.1) is 0 Å². The molecule has 0 saturated heterocycles. The van der Waals surface area contributed by atoms with E-state index < -0.39 is 10.1 Å². The van der Waals surface area contributed by atoms with Gasteiger partial charge in [-0.25, -0.2) is 0 Å². The molecular formula is C16H22NO5S3+. The Hall–Kier alpha value is -1.29. The van der Waals surface area contributed by atoms with Gasteiger partial charge in [-0.15, -0.1) is 0 Å². The van der Waals surface area contributed by atoms with E-state index in [1.165, 1.54) is 11.8 Å². The highest BCUT2D eigenvalue weighted by atomic mass is 32.2. The maximum atomic E-state index is 11.0. The lowest BCUT2D eigenvalue weighted by Crippen LogP contribution is -2.36. The van der Waals surface area contributed by atoms with Crippen LogP contribution in [0.5, 0.6) is 5.75 Å². The summed E-state index contributed by atoms with van der Waals surface area (Å²) in [5.41, 5.74) is 0.961. The van der Waals surface area contributed by atoms with Gasteiger partial charge < -0.3 is 9.47 Å². The van der Waals surface area contributed by atoms with Crippen molar-refractivity contribution in [3.63, 3.8) is 0 Å². The number of ether oxygens (including phenoxy) is 2. The van der Waals surface area contributed by atoms with Gasteiger partial charge in [-0.1, -0.05) is 23.1 Å². The minimum atomic E-state index is -3.97. The first-order chi connectivity index (χ1) is 11.9. The lowest BCUT2D eigenvalue weighted by Gasteiger charge is -2.03. The third-order valence-electron chi connectivity index (χ3n) is 3.45. The molecular weight excluding hydrogens is 382 g/mol. The standard InChI is InChI=1S/C16H21NO5S3/c1-4-22-16(23-3)11-15-17(8-5-9-25(18,19)20)13-10-12(21-2)6-7-14(13)24-15/h6-7,10-11H,4-5,8-9H2,1-3H3/p+1/b16-11-. The van der Waals surface area contributed by atoms with Crippen LogP contribution in [0.1, 0.15) is 18.4 Å². The summed E-state index contributed by atoms with van der Waals surface area (Å²) in [5, 5.41) is 1.75. The third kappa shape index (κ3) is 5.60. The molecule has 1 aromatic carbocycles. The van der Waals surface area contributed by atoms with Crippen molar-refractivity contribution >= 4 is 49.5 Å². The van der Waals surface area contributed by atoms with Crippen LogP contribution < -0.4 is 9.30 Å². The van der Waals surface area contributed by atoms with Gasteiger partial charge in [0.05, 0.1) is 31.6 Å². The molecule has 0 spiro atoms. The fraction of sp³-hybridized carbons (Fsp3) is 0.438. The van der Waals surface area contributed by atoms with E-state index in [0.29, 0.717) is 19.6 Å². The zero-order valence-corrected chi connectivity index (χ0v) is 16.8. The first-order valence-corrected chi connectivity index (χ1v) is 11.4. The minimum absolute atomic E-state index is 0.273. The summed E-state index contributed by atoms with van der Waals surface area (Å²) in [6, 6.07) is 5.80. The molecule has 0 amide bonds. The Kier molecular flexibility index (Phi) is 7.12. The van der Waals surface area contributed by atoms with Crippen LogP contribution in [-0.4, -0.2) is 38.7 Å². The van der Waals surface area contributed by atoms with Crippen molar-refractivity contribution in [2.45, 2.75) is 19.9 Å². The molecule has 0 aliphatic carbocycles. The minimum Gasteiger partial charge on any atom is -0.497 e. The zero-order chi connectivity index (χ0) is 18.4. The predicted molar refractivity (Wildman–Crippen MR) is 103 cm³/mol. The van der Waals surface area contributed by atoms with Crippen molar-refractivity contribution in [2.75, 3.05) is 25.7 Å². The van der Waals surface area contributed by atoms with Gasteiger partial charge in [-0.3, -0.25) is 4.55 Å².